The molecule has 1 atom stereocenters. The van der Waals surface area contributed by atoms with Crippen molar-refractivity contribution in [3.8, 4) is 0 Å². The average molecular weight is 324 g/mol. The number of likely N-dealkylation sites (tertiary alicyclic amines) is 1. The Labute approximate surface area is 143 Å². The van der Waals surface area contributed by atoms with Crippen LogP contribution in [0, 0.1) is 6.92 Å². The SMILES string of the molecule is Cc1ccccc1Nc1cccc(CN2CCCC[C@H]([NH3+])C2=O)c1. The second kappa shape index (κ2) is 7.49. The smallest absolute Gasteiger partial charge is 0.281 e. The Bertz CT molecular complexity index is 714. The molecule has 0 bridgehead atoms. The lowest BCUT2D eigenvalue weighted by atomic mass is 10.1. The molecule has 0 spiro atoms. The van der Waals surface area contributed by atoms with Crippen molar-refractivity contribution in [2.45, 2.75) is 38.8 Å². The van der Waals surface area contributed by atoms with Gasteiger partial charge in [0.2, 0.25) is 0 Å². The quantitative estimate of drug-likeness (QED) is 0.908. The van der Waals surface area contributed by atoms with Crippen molar-refractivity contribution in [3.63, 3.8) is 0 Å². The van der Waals surface area contributed by atoms with Gasteiger partial charge in [-0.3, -0.25) is 4.79 Å². The normalized spacial score (nSPS) is 18.3. The maximum atomic E-state index is 12.4. The molecule has 2 aromatic rings. The lowest BCUT2D eigenvalue weighted by Gasteiger charge is -2.22. The molecule has 4 heteroatoms. The molecule has 1 heterocycles. The lowest BCUT2D eigenvalue weighted by Crippen LogP contribution is -2.67. The molecule has 0 aliphatic carbocycles. The predicted molar refractivity (Wildman–Crippen MR) is 96.8 cm³/mol. The van der Waals surface area contributed by atoms with Gasteiger partial charge in [0.15, 0.2) is 6.04 Å². The highest BCUT2D eigenvalue weighted by Gasteiger charge is 2.26. The first-order valence-electron chi connectivity index (χ1n) is 8.67. The molecule has 4 nitrogen and oxygen atoms in total. The number of carbonyl (C=O) groups is 1. The summed E-state index contributed by atoms with van der Waals surface area (Å²) in [5, 5.41) is 3.47. The van der Waals surface area contributed by atoms with E-state index in [0.29, 0.717) is 6.54 Å². The zero-order chi connectivity index (χ0) is 16.9. The number of anilines is 2. The fourth-order valence-electron chi connectivity index (χ4n) is 3.18. The number of carbonyl (C=O) groups excluding carboxylic acids is 1. The third-order valence-electron chi connectivity index (χ3n) is 4.62. The molecule has 3 rings (SSSR count). The van der Waals surface area contributed by atoms with E-state index >= 15 is 0 Å². The topological polar surface area (TPSA) is 60.0 Å². The molecular weight excluding hydrogens is 298 g/mol. The first kappa shape index (κ1) is 16.5. The highest BCUT2D eigenvalue weighted by atomic mass is 16.2. The molecule has 1 aliphatic heterocycles. The molecule has 126 valence electrons. The first-order chi connectivity index (χ1) is 11.6. The Morgan fingerprint density at radius 1 is 1.17 bits per heavy atom. The Morgan fingerprint density at radius 2 is 2.00 bits per heavy atom. The van der Waals surface area contributed by atoms with Gasteiger partial charge in [-0.1, -0.05) is 30.3 Å². The number of nitrogens with one attached hydrogen (secondary N) is 1. The van der Waals surface area contributed by atoms with Crippen molar-refractivity contribution in [2.24, 2.45) is 0 Å². The first-order valence-corrected chi connectivity index (χ1v) is 8.67. The Balaban J connectivity index is 1.73. The molecule has 1 amide bonds. The number of benzene rings is 2. The van der Waals surface area contributed by atoms with Crippen molar-refractivity contribution < 1.29 is 10.5 Å². The van der Waals surface area contributed by atoms with Gasteiger partial charge in [-0.25, -0.2) is 0 Å². The Morgan fingerprint density at radius 3 is 2.83 bits per heavy atom. The van der Waals surface area contributed by atoms with Crippen LogP contribution in [0.1, 0.15) is 30.4 Å². The molecule has 24 heavy (non-hydrogen) atoms. The fourth-order valence-corrected chi connectivity index (χ4v) is 3.18. The Kier molecular flexibility index (Phi) is 5.16. The van der Waals surface area contributed by atoms with Crippen molar-refractivity contribution in [1.82, 2.24) is 4.90 Å². The van der Waals surface area contributed by atoms with Gasteiger partial charge in [0.1, 0.15) is 0 Å². The van der Waals surface area contributed by atoms with E-state index in [9.17, 15) is 4.79 Å². The van der Waals surface area contributed by atoms with Gasteiger partial charge in [-0.2, -0.15) is 0 Å². The van der Waals surface area contributed by atoms with Gasteiger partial charge in [-0.15, -0.1) is 0 Å². The van der Waals surface area contributed by atoms with Crippen LogP contribution in [0.25, 0.3) is 0 Å². The molecule has 1 saturated heterocycles. The van der Waals surface area contributed by atoms with Crippen molar-refractivity contribution in [3.05, 3.63) is 59.7 Å². The van der Waals surface area contributed by atoms with Gasteiger partial charge >= 0.3 is 0 Å². The van der Waals surface area contributed by atoms with Crippen molar-refractivity contribution >= 4 is 17.3 Å². The maximum Gasteiger partial charge on any atom is 0.281 e. The summed E-state index contributed by atoms with van der Waals surface area (Å²) in [6.45, 7) is 3.59. The number of quaternary nitrogens is 1. The van der Waals surface area contributed by atoms with Crippen LogP contribution >= 0.6 is 0 Å². The maximum absolute atomic E-state index is 12.4. The monoisotopic (exact) mass is 324 g/mol. The second-order valence-electron chi connectivity index (χ2n) is 6.59. The van der Waals surface area contributed by atoms with Gasteiger partial charge in [0.05, 0.1) is 0 Å². The lowest BCUT2D eigenvalue weighted by molar-refractivity contribution is -0.406. The standard InChI is InChI=1S/C20H25N3O/c1-15-7-2-3-11-19(15)22-17-9-6-8-16(13-17)14-23-12-5-4-10-18(21)20(23)24/h2-3,6-9,11,13,18,22H,4-5,10,12,14,21H2,1H3/p+1/t18-/m0/s1. The molecule has 1 aliphatic rings. The molecule has 0 unspecified atom stereocenters. The third kappa shape index (κ3) is 3.95. The molecular formula is C20H26N3O+. The van der Waals surface area contributed by atoms with Crippen LogP contribution in [0.5, 0.6) is 0 Å². The van der Waals surface area contributed by atoms with E-state index in [0.717, 1.165) is 42.7 Å². The van der Waals surface area contributed by atoms with E-state index in [2.05, 4.69) is 48.3 Å². The minimum absolute atomic E-state index is 0.0965. The van der Waals surface area contributed by atoms with E-state index in [4.69, 9.17) is 0 Å². The molecule has 1 fully saturated rings. The second-order valence-corrected chi connectivity index (χ2v) is 6.59. The summed E-state index contributed by atoms with van der Waals surface area (Å²) < 4.78 is 0. The number of hydrogen-bond acceptors (Lipinski definition) is 2. The Hall–Kier alpha value is -2.33. The van der Waals surface area contributed by atoms with Crippen LogP contribution in [0.4, 0.5) is 11.4 Å². The third-order valence-corrected chi connectivity index (χ3v) is 4.62. The summed E-state index contributed by atoms with van der Waals surface area (Å²) in [6, 6.07) is 16.5. The van der Waals surface area contributed by atoms with E-state index in [1.54, 1.807) is 0 Å². The molecule has 4 N–H and O–H groups in total. The van der Waals surface area contributed by atoms with Crippen LogP contribution in [0.15, 0.2) is 48.5 Å². The minimum atomic E-state index is -0.0965. The summed E-state index contributed by atoms with van der Waals surface area (Å²) in [5.74, 6) is 0.185. The van der Waals surface area contributed by atoms with Crippen LogP contribution in [0.2, 0.25) is 0 Å². The molecule has 0 aromatic heterocycles. The van der Waals surface area contributed by atoms with Crippen LogP contribution < -0.4 is 11.1 Å². The number of nitrogens with zero attached hydrogens (tertiary/aromatic N) is 1. The number of hydrogen-bond donors (Lipinski definition) is 2. The summed E-state index contributed by atoms with van der Waals surface area (Å²) in [6.07, 6.45) is 3.06. The number of para-hydroxylation sites is 1. The summed E-state index contributed by atoms with van der Waals surface area (Å²) in [5.41, 5.74) is 8.53. The summed E-state index contributed by atoms with van der Waals surface area (Å²) >= 11 is 0. The van der Waals surface area contributed by atoms with E-state index in [1.807, 2.05) is 23.1 Å². The highest BCUT2D eigenvalue weighted by Crippen LogP contribution is 2.22. The fraction of sp³-hybridized carbons (Fsp3) is 0.350. The van der Waals surface area contributed by atoms with E-state index in [-0.39, 0.29) is 11.9 Å². The van der Waals surface area contributed by atoms with Crippen molar-refractivity contribution in [1.29, 1.82) is 0 Å². The average Bonchev–Trinajstić information content (AvgIpc) is 2.73. The van der Waals surface area contributed by atoms with Gasteiger partial charge in [0, 0.05) is 30.9 Å². The number of amides is 1. The van der Waals surface area contributed by atoms with Crippen molar-refractivity contribution in [2.75, 3.05) is 11.9 Å². The summed E-state index contributed by atoms with van der Waals surface area (Å²) in [4.78, 5) is 14.4. The van der Waals surface area contributed by atoms with Crippen LogP contribution in [-0.2, 0) is 11.3 Å². The van der Waals surface area contributed by atoms with Gasteiger partial charge in [0.25, 0.3) is 5.91 Å². The number of aryl methyl sites for hydroxylation is 1. The van der Waals surface area contributed by atoms with Gasteiger partial charge in [-0.05, 0) is 49.1 Å². The zero-order valence-electron chi connectivity index (χ0n) is 14.3. The minimum Gasteiger partial charge on any atom is -0.355 e. The van der Waals surface area contributed by atoms with Crippen LogP contribution in [-0.4, -0.2) is 23.4 Å². The predicted octanol–water partition coefficient (Wildman–Crippen LogP) is 2.86. The summed E-state index contributed by atoms with van der Waals surface area (Å²) in [7, 11) is 0. The van der Waals surface area contributed by atoms with Crippen LogP contribution in [0.3, 0.4) is 0 Å². The molecule has 0 saturated carbocycles. The van der Waals surface area contributed by atoms with E-state index in [1.165, 1.54) is 5.56 Å². The zero-order valence-corrected chi connectivity index (χ0v) is 14.3. The molecule has 0 radical (unpaired) electrons. The van der Waals surface area contributed by atoms with Gasteiger partial charge < -0.3 is 16.0 Å². The number of rotatable bonds is 4. The highest BCUT2D eigenvalue weighted by molar-refractivity contribution is 5.80. The molecule has 2 aromatic carbocycles. The largest absolute Gasteiger partial charge is 0.355 e. The van der Waals surface area contributed by atoms with E-state index < -0.39 is 0 Å².